The number of ether oxygens (including phenoxy) is 1. The van der Waals surface area contributed by atoms with Crippen LogP contribution in [0.2, 0.25) is 0 Å². The zero-order chi connectivity index (χ0) is 14.0. The number of rotatable bonds is 3. The molecule has 1 aliphatic rings. The average Bonchev–Trinajstić information content (AvgIpc) is 2.38. The van der Waals surface area contributed by atoms with Crippen molar-refractivity contribution in [1.82, 2.24) is 0 Å². The van der Waals surface area contributed by atoms with Gasteiger partial charge in [0.25, 0.3) is 5.69 Å². The first kappa shape index (κ1) is 13.8. The maximum absolute atomic E-state index is 11.2. The Hall–Kier alpha value is -1.66. The van der Waals surface area contributed by atoms with Crippen LogP contribution in [-0.2, 0) is 4.74 Å². The van der Waals surface area contributed by atoms with Gasteiger partial charge in [-0.2, -0.15) is 0 Å². The molecule has 0 aliphatic carbocycles. The Bertz CT molecular complexity index is 476. The molecule has 0 aromatic heterocycles. The molecule has 2 rings (SSSR count). The van der Waals surface area contributed by atoms with E-state index in [2.05, 4.69) is 0 Å². The van der Waals surface area contributed by atoms with E-state index in [1.807, 2.05) is 11.8 Å². The Morgan fingerprint density at radius 3 is 2.89 bits per heavy atom. The van der Waals surface area contributed by atoms with Crippen molar-refractivity contribution in [2.75, 3.05) is 24.7 Å². The monoisotopic (exact) mass is 266 g/mol. The van der Waals surface area contributed by atoms with E-state index in [4.69, 9.17) is 4.74 Å². The van der Waals surface area contributed by atoms with E-state index in [1.165, 1.54) is 6.07 Å². The fraction of sp³-hybridized carbons (Fsp3) is 0.538. The highest BCUT2D eigenvalue weighted by molar-refractivity contribution is 5.65. The van der Waals surface area contributed by atoms with E-state index in [-0.39, 0.29) is 11.7 Å². The maximum Gasteiger partial charge on any atom is 0.292 e. The largest absolute Gasteiger partial charge is 0.389 e. The molecule has 1 aliphatic heterocycles. The van der Waals surface area contributed by atoms with Gasteiger partial charge in [-0.1, -0.05) is 6.07 Å². The van der Waals surface area contributed by atoms with Crippen molar-refractivity contribution in [1.29, 1.82) is 0 Å². The van der Waals surface area contributed by atoms with Crippen molar-refractivity contribution in [2.24, 2.45) is 0 Å². The Balaban J connectivity index is 2.41. The number of morpholine rings is 1. The van der Waals surface area contributed by atoms with Gasteiger partial charge in [-0.3, -0.25) is 10.1 Å². The van der Waals surface area contributed by atoms with Crippen LogP contribution < -0.4 is 4.90 Å². The molecule has 1 saturated heterocycles. The Morgan fingerprint density at radius 2 is 2.32 bits per heavy atom. The zero-order valence-electron chi connectivity index (χ0n) is 11.1. The van der Waals surface area contributed by atoms with Crippen LogP contribution in [-0.4, -0.2) is 35.8 Å². The Labute approximate surface area is 111 Å². The Kier molecular flexibility index (Phi) is 4.01. The highest BCUT2D eigenvalue weighted by Gasteiger charge is 2.26. The van der Waals surface area contributed by atoms with Gasteiger partial charge in [0.2, 0.25) is 0 Å². The quantitative estimate of drug-likeness (QED) is 0.667. The predicted octanol–water partition coefficient (Wildman–Crippen LogP) is 1.87. The summed E-state index contributed by atoms with van der Waals surface area (Å²) in [7, 11) is 0. The van der Waals surface area contributed by atoms with Gasteiger partial charge >= 0.3 is 0 Å². The molecule has 1 aromatic rings. The minimum atomic E-state index is -0.713. The van der Waals surface area contributed by atoms with Crippen molar-refractivity contribution in [3.63, 3.8) is 0 Å². The molecule has 0 bridgehead atoms. The van der Waals surface area contributed by atoms with Gasteiger partial charge in [-0.15, -0.1) is 0 Å². The lowest BCUT2D eigenvalue weighted by Gasteiger charge is -2.34. The lowest BCUT2D eigenvalue weighted by Crippen LogP contribution is -2.44. The van der Waals surface area contributed by atoms with Gasteiger partial charge in [-0.25, -0.2) is 0 Å². The lowest BCUT2D eigenvalue weighted by molar-refractivity contribution is -0.384. The number of benzene rings is 1. The van der Waals surface area contributed by atoms with Gasteiger partial charge in [0.05, 0.1) is 24.2 Å². The molecule has 2 atom stereocenters. The number of hydrogen-bond donors (Lipinski definition) is 1. The third-order valence-corrected chi connectivity index (χ3v) is 3.36. The summed E-state index contributed by atoms with van der Waals surface area (Å²) in [6, 6.07) is 4.99. The summed E-state index contributed by atoms with van der Waals surface area (Å²) in [5.74, 6) is 0. The lowest BCUT2D eigenvalue weighted by atomic mass is 10.1. The minimum Gasteiger partial charge on any atom is -0.389 e. The zero-order valence-corrected chi connectivity index (χ0v) is 11.1. The van der Waals surface area contributed by atoms with E-state index < -0.39 is 11.0 Å². The highest BCUT2D eigenvalue weighted by atomic mass is 16.6. The summed E-state index contributed by atoms with van der Waals surface area (Å²) in [6.45, 7) is 5.34. The molecule has 1 unspecified atom stereocenters. The van der Waals surface area contributed by atoms with Crippen LogP contribution in [0.3, 0.4) is 0 Å². The number of aliphatic hydroxyl groups excluding tert-OH is 1. The molecule has 0 saturated carbocycles. The van der Waals surface area contributed by atoms with Gasteiger partial charge in [-0.05, 0) is 25.5 Å². The first-order chi connectivity index (χ1) is 9.00. The summed E-state index contributed by atoms with van der Waals surface area (Å²) in [6.07, 6.45) is -0.713. The molecule has 19 heavy (non-hydrogen) atoms. The molecule has 1 heterocycles. The standard InChI is InChI=1S/C13H18N2O4/c1-9-8-19-6-5-14(9)12-4-3-11(10(2)16)7-13(12)15(17)18/h3-4,7,9-10,16H,5-6,8H2,1-2H3/t9?,10-/m1/s1. The molecule has 0 spiro atoms. The molecule has 6 nitrogen and oxygen atoms in total. The molecular weight excluding hydrogens is 248 g/mol. The summed E-state index contributed by atoms with van der Waals surface area (Å²) in [4.78, 5) is 12.8. The number of anilines is 1. The van der Waals surface area contributed by atoms with Gasteiger partial charge in [0.1, 0.15) is 5.69 Å². The molecule has 1 aromatic carbocycles. The van der Waals surface area contributed by atoms with Crippen LogP contribution in [0.5, 0.6) is 0 Å². The van der Waals surface area contributed by atoms with E-state index in [1.54, 1.807) is 19.1 Å². The maximum atomic E-state index is 11.2. The van der Waals surface area contributed by atoms with Crippen LogP contribution in [0.15, 0.2) is 18.2 Å². The fourth-order valence-corrected chi connectivity index (χ4v) is 2.27. The van der Waals surface area contributed by atoms with Crippen molar-refractivity contribution >= 4 is 11.4 Å². The molecule has 104 valence electrons. The van der Waals surface area contributed by atoms with Gasteiger partial charge < -0.3 is 14.7 Å². The molecule has 1 fully saturated rings. The van der Waals surface area contributed by atoms with Crippen molar-refractivity contribution in [3.8, 4) is 0 Å². The van der Waals surface area contributed by atoms with Gasteiger partial charge in [0.15, 0.2) is 0 Å². The highest BCUT2D eigenvalue weighted by Crippen LogP contribution is 2.33. The second kappa shape index (κ2) is 5.54. The SMILES string of the molecule is CC1COCCN1c1ccc([C@@H](C)O)cc1[N+](=O)[O-]. The van der Waals surface area contributed by atoms with Crippen LogP contribution >= 0.6 is 0 Å². The van der Waals surface area contributed by atoms with Crippen LogP contribution in [0.4, 0.5) is 11.4 Å². The predicted molar refractivity (Wildman–Crippen MR) is 71.4 cm³/mol. The topological polar surface area (TPSA) is 75.8 Å². The molecule has 1 N–H and O–H groups in total. The minimum absolute atomic E-state index is 0.0344. The van der Waals surface area contributed by atoms with E-state index in [9.17, 15) is 15.2 Å². The van der Waals surface area contributed by atoms with E-state index >= 15 is 0 Å². The summed E-state index contributed by atoms with van der Waals surface area (Å²) in [5.41, 5.74) is 1.17. The number of nitrogens with zero attached hydrogens (tertiary/aromatic N) is 2. The van der Waals surface area contributed by atoms with E-state index in [0.29, 0.717) is 31.0 Å². The molecule has 0 radical (unpaired) electrons. The molecule has 6 heteroatoms. The van der Waals surface area contributed by atoms with Crippen molar-refractivity contribution in [2.45, 2.75) is 26.0 Å². The van der Waals surface area contributed by atoms with Crippen molar-refractivity contribution in [3.05, 3.63) is 33.9 Å². The number of nitro groups is 1. The number of nitro benzene ring substituents is 1. The first-order valence-electron chi connectivity index (χ1n) is 6.31. The molecule has 0 amide bonds. The Morgan fingerprint density at radius 1 is 1.58 bits per heavy atom. The number of hydrogen-bond acceptors (Lipinski definition) is 5. The van der Waals surface area contributed by atoms with Crippen LogP contribution in [0.1, 0.15) is 25.5 Å². The number of aliphatic hydroxyl groups is 1. The third-order valence-electron chi connectivity index (χ3n) is 3.36. The van der Waals surface area contributed by atoms with Crippen molar-refractivity contribution < 1.29 is 14.8 Å². The first-order valence-corrected chi connectivity index (χ1v) is 6.31. The summed E-state index contributed by atoms with van der Waals surface area (Å²) in [5, 5.41) is 20.7. The second-order valence-corrected chi connectivity index (χ2v) is 4.80. The van der Waals surface area contributed by atoms with Crippen LogP contribution in [0.25, 0.3) is 0 Å². The van der Waals surface area contributed by atoms with Crippen LogP contribution in [0, 0.1) is 10.1 Å². The average molecular weight is 266 g/mol. The normalized spacial score (nSPS) is 21.2. The fourth-order valence-electron chi connectivity index (χ4n) is 2.27. The van der Waals surface area contributed by atoms with Gasteiger partial charge in [0, 0.05) is 18.7 Å². The summed E-state index contributed by atoms with van der Waals surface area (Å²) >= 11 is 0. The smallest absolute Gasteiger partial charge is 0.292 e. The summed E-state index contributed by atoms with van der Waals surface area (Å²) < 4.78 is 5.34. The second-order valence-electron chi connectivity index (χ2n) is 4.80. The molecular formula is C13H18N2O4. The third kappa shape index (κ3) is 2.85. The van der Waals surface area contributed by atoms with E-state index in [0.717, 1.165) is 0 Å².